The number of fused-ring (bicyclic) bond motifs is 3. The second-order valence-corrected chi connectivity index (χ2v) is 10.1. The molecule has 0 saturated carbocycles. The van der Waals surface area contributed by atoms with E-state index in [0.717, 1.165) is 25.2 Å². The lowest BCUT2D eigenvalue weighted by atomic mass is 9.76. The summed E-state index contributed by atoms with van der Waals surface area (Å²) < 4.78 is 4.43. The summed E-state index contributed by atoms with van der Waals surface area (Å²) >= 11 is 0. The van der Waals surface area contributed by atoms with Crippen molar-refractivity contribution < 1.29 is 4.57 Å². The van der Waals surface area contributed by atoms with E-state index in [9.17, 15) is 0 Å². The minimum Gasteiger partial charge on any atom is -0.264 e. The van der Waals surface area contributed by atoms with Gasteiger partial charge in [0, 0.05) is 22.9 Å². The average Bonchev–Trinajstić information content (AvgIpc) is 3.03. The number of rotatable bonds is 3. The maximum atomic E-state index is 4.79. The fourth-order valence-corrected chi connectivity index (χ4v) is 4.85. The summed E-state index contributed by atoms with van der Waals surface area (Å²) in [5, 5.41) is 4.79. The smallest absolute Gasteiger partial charge is 0.264 e. The number of hydrogen-bond acceptors (Lipinski definition) is 2. The predicted molar refractivity (Wildman–Crippen MR) is 117 cm³/mol. The normalized spacial score (nSPS) is 18.4. The topological polar surface area (TPSA) is 34.6 Å². The lowest BCUT2D eigenvalue weighted by molar-refractivity contribution is -0.585. The van der Waals surface area contributed by atoms with Crippen molar-refractivity contribution in [3.8, 4) is 17.1 Å². The van der Waals surface area contributed by atoms with Gasteiger partial charge in [-0.1, -0.05) is 46.8 Å². The summed E-state index contributed by atoms with van der Waals surface area (Å²) in [7, 11) is 0. The van der Waals surface area contributed by atoms with Crippen LogP contribution in [-0.4, -0.2) is 14.8 Å². The van der Waals surface area contributed by atoms with Crippen LogP contribution in [0.25, 0.3) is 17.1 Å². The summed E-state index contributed by atoms with van der Waals surface area (Å²) in [5.41, 5.74) is 8.14. The molecule has 1 aliphatic heterocycles. The van der Waals surface area contributed by atoms with E-state index in [-0.39, 0.29) is 10.8 Å². The molecule has 4 rings (SSSR count). The SMILES string of the molecule is CCC1(C)Cn2nc[n+](-c3c(C)cc(CC(C)(C)C)cc3C)c2-c2cnccc21. The first-order chi connectivity index (χ1) is 13.6. The van der Waals surface area contributed by atoms with Crippen LogP contribution >= 0.6 is 0 Å². The van der Waals surface area contributed by atoms with Crippen molar-refractivity contribution in [3.05, 3.63) is 59.2 Å². The third kappa shape index (κ3) is 3.39. The molecule has 0 saturated heterocycles. The summed E-state index contributed by atoms with van der Waals surface area (Å²) in [5.74, 6) is 1.13. The van der Waals surface area contributed by atoms with E-state index >= 15 is 0 Å². The first-order valence-electron chi connectivity index (χ1n) is 10.7. The number of hydrogen-bond donors (Lipinski definition) is 0. The van der Waals surface area contributed by atoms with Crippen LogP contribution < -0.4 is 4.57 Å². The van der Waals surface area contributed by atoms with Gasteiger partial charge in [-0.2, -0.15) is 4.57 Å². The Labute approximate surface area is 174 Å². The molecule has 0 N–H and O–H groups in total. The number of pyridine rings is 1. The van der Waals surface area contributed by atoms with Crippen molar-refractivity contribution in [1.82, 2.24) is 14.8 Å². The highest BCUT2D eigenvalue weighted by Crippen LogP contribution is 2.40. The van der Waals surface area contributed by atoms with Crippen molar-refractivity contribution in [3.63, 3.8) is 0 Å². The van der Waals surface area contributed by atoms with Crippen LogP contribution in [-0.2, 0) is 18.4 Å². The molecule has 1 aromatic carbocycles. The zero-order valence-corrected chi connectivity index (χ0v) is 18.9. The highest BCUT2D eigenvalue weighted by atomic mass is 15.4. The van der Waals surface area contributed by atoms with Gasteiger partial charge in [0.2, 0.25) is 0 Å². The summed E-state index contributed by atoms with van der Waals surface area (Å²) in [6.07, 6.45) is 8.05. The Bertz CT molecular complexity index is 1050. The maximum Gasteiger partial charge on any atom is 0.274 e. The molecule has 4 nitrogen and oxygen atoms in total. The van der Waals surface area contributed by atoms with E-state index in [1.165, 1.54) is 33.5 Å². The van der Waals surface area contributed by atoms with Crippen LogP contribution in [0.15, 0.2) is 36.9 Å². The molecule has 1 unspecified atom stereocenters. The molecule has 29 heavy (non-hydrogen) atoms. The molecule has 0 aliphatic carbocycles. The second kappa shape index (κ2) is 6.79. The van der Waals surface area contributed by atoms with Gasteiger partial charge in [-0.05, 0) is 60.4 Å². The fourth-order valence-electron chi connectivity index (χ4n) is 4.85. The zero-order chi connectivity index (χ0) is 21.0. The van der Waals surface area contributed by atoms with Crippen molar-refractivity contribution in [2.45, 2.75) is 73.3 Å². The van der Waals surface area contributed by atoms with Gasteiger partial charge in [-0.15, -0.1) is 4.68 Å². The predicted octanol–water partition coefficient (Wildman–Crippen LogP) is 5.11. The summed E-state index contributed by atoms with van der Waals surface area (Å²) in [6.45, 7) is 16.8. The van der Waals surface area contributed by atoms with Gasteiger partial charge in [0.1, 0.15) is 12.2 Å². The van der Waals surface area contributed by atoms with Gasteiger partial charge >= 0.3 is 0 Å². The van der Waals surface area contributed by atoms with Crippen LogP contribution in [0.4, 0.5) is 0 Å². The van der Waals surface area contributed by atoms with Crippen molar-refractivity contribution in [1.29, 1.82) is 0 Å². The molecule has 0 amide bonds. The van der Waals surface area contributed by atoms with Crippen molar-refractivity contribution in [2.24, 2.45) is 5.41 Å². The molecular formula is C25H33N4+. The Balaban J connectivity index is 1.88. The van der Waals surface area contributed by atoms with E-state index in [1.807, 2.05) is 18.7 Å². The highest BCUT2D eigenvalue weighted by molar-refractivity contribution is 5.62. The molecule has 4 heteroatoms. The Morgan fingerprint density at radius 3 is 2.48 bits per heavy atom. The van der Waals surface area contributed by atoms with E-state index in [1.54, 1.807) is 0 Å². The molecule has 152 valence electrons. The lowest BCUT2D eigenvalue weighted by Crippen LogP contribution is -2.40. The van der Waals surface area contributed by atoms with E-state index in [0.29, 0.717) is 0 Å². The Kier molecular flexibility index (Phi) is 4.64. The minimum atomic E-state index is 0.0791. The van der Waals surface area contributed by atoms with E-state index in [2.05, 4.69) is 80.9 Å². The maximum absolute atomic E-state index is 4.79. The third-order valence-corrected chi connectivity index (χ3v) is 6.30. The van der Waals surface area contributed by atoms with Crippen molar-refractivity contribution >= 4 is 0 Å². The Morgan fingerprint density at radius 1 is 1.17 bits per heavy atom. The quantitative estimate of drug-likeness (QED) is 0.584. The molecular weight excluding hydrogens is 356 g/mol. The largest absolute Gasteiger partial charge is 0.274 e. The standard InChI is InChI=1S/C25H33N4/c1-8-25(7)15-29-23(20-14-26-10-9-21(20)25)28(16-27-29)22-17(2)11-19(12-18(22)3)13-24(4,5)6/h9-12,14,16H,8,13,15H2,1-7H3/q+1. The zero-order valence-electron chi connectivity index (χ0n) is 18.9. The molecule has 3 heterocycles. The van der Waals surface area contributed by atoms with E-state index in [4.69, 9.17) is 5.10 Å². The van der Waals surface area contributed by atoms with Gasteiger partial charge in [-0.3, -0.25) is 4.98 Å². The summed E-state index contributed by atoms with van der Waals surface area (Å²) in [6, 6.07) is 6.87. The molecule has 0 spiro atoms. The monoisotopic (exact) mass is 389 g/mol. The first kappa shape index (κ1) is 19.8. The van der Waals surface area contributed by atoms with Gasteiger partial charge in [0.25, 0.3) is 12.2 Å². The molecule has 2 aromatic heterocycles. The molecule has 0 radical (unpaired) electrons. The van der Waals surface area contributed by atoms with Crippen LogP contribution in [0.3, 0.4) is 0 Å². The van der Waals surface area contributed by atoms with Gasteiger partial charge < -0.3 is 0 Å². The first-order valence-corrected chi connectivity index (χ1v) is 10.7. The number of benzene rings is 1. The molecule has 1 aliphatic rings. The fraction of sp³-hybridized carbons (Fsp3) is 0.480. The molecule has 0 bridgehead atoms. The van der Waals surface area contributed by atoms with Crippen LogP contribution in [0.1, 0.15) is 63.3 Å². The van der Waals surface area contributed by atoms with Gasteiger partial charge in [-0.25, -0.2) is 0 Å². The molecule has 1 atom stereocenters. The minimum absolute atomic E-state index is 0.0791. The third-order valence-electron chi connectivity index (χ3n) is 6.30. The van der Waals surface area contributed by atoms with E-state index < -0.39 is 0 Å². The van der Waals surface area contributed by atoms with Crippen LogP contribution in [0, 0.1) is 19.3 Å². The van der Waals surface area contributed by atoms with Crippen molar-refractivity contribution in [2.75, 3.05) is 0 Å². The lowest BCUT2D eigenvalue weighted by Gasteiger charge is -2.31. The number of nitrogens with zero attached hydrogens (tertiary/aromatic N) is 4. The number of aryl methyl sites for hydroxylation is 2. The summed E-state index contributed by atoms with van der Waals surface area (Å²) in [4.78, 5) is 4.46. The second-order valence-electron chi connectivity index (χ2n) is 10.1. The van der Waals surface area contributed by atoms with Crippen LogP contribution in [0.2, 0.25) is 0 Å². The highest BCUT2D eigenvalue weighted by Gasteiger charge is 2.40. The number of aromatic nitrogens is 4. The van der Waals surface area contributed by atoms with Crippen LogP contribution in [0.5, 0.6) is 0 Å². The van der Waals surface area contributed by atoms with Gasteiger partial charge in [0.05, 0.1) is 5.56 Å². The Morgan fingerprint density at radius 2 is 1.86 bits per heavy atom. The Hall–Kier alpha value is -2.49. The molecule has 0 fully saturated rings. The van der Waals surface area contributed by atoms with Gasteiger partial charge in [0.15, 0.2) is 0 Å². The average molecular weight is 390 g/mol. The molecule has 3 aromatic rings.